The van der Waals surface area contributed by atoms with Gasteiger partial charge in [0.25, 0.3) is 5.91 Å². The molecule has 0 bridgehead atoms. The van der Waals surface area contributed by atoms with E-state index in [1.807, 2.05) is 0 Å². The molecule has 0 fully saturated rings. The van der Waals surface area contributed by atoms with E-state index in [9.17, 15) is 14.4 Å². The third-order valence-electron chi connectivity index (χ3n) is 4.35. The number of rotatable bonds is 7. The maximum atomic E-state index is 13.0. The molecule has 1 amide bonds. The lowest BCUT2D eigenvalue weighted by Gasteiger charge is -2.10. The number of nitrogens with one attached hydrogen (secondary N) is 1. The van der Waals surface area contributed by atoms with Gasteiger partial charge in [0.05, 0.1) is 30.5 Å². The Labute approximate surface area is 163 Å². The third kappa shape index (κ3) is 3.98. The number of ether oxygens (including phenoxy) is 2. The van der Waals surface area contributed by atoms with Gasteiger partial charge in [0.15, 0.2) is 0 Å². The fourth-order valence-corrected chi connectivity index (χ4v) is 3.11. The van der Waals surface area contributed by atoms with Crippen molar-refractivity contribution >= 4 is 23.5 Å². The zero-order chi connectivity index (χ0) is 20.8. The number of carbonyl (C=O) groups excluding carboxylic acids is 3. The first-order valence-corrected chi connectivity index (χ1v) is 8.83. The number of allylic oxidation sites excluding steroid dienone is 1. The van der Waals surface area contributed by atoms with Gasteiger partial charge in [-0.25, -0.2) is 9.59 Å². The van der Waals surface area contributed by atoms with Crippen molar-refractivity contribution in [2.75, 3.05) is 19.0 Å². The number of nitrogens with zero attached hydrogens (tertiary/aromatic N) is 1. The minimum Gasteiger partial charge on any atom is -0.465 e. The lowest BCUT2D eigenvalue weighted by Crippen LogP contribution is -2.17. The molecular formula is C21H24N2O5. The van der Waals surface area contributed by atoms with Crippen molar-refractivity contribution in [3.05, 3.63) is 65.0 Å². The molecular weight excluding hydrogens is 360 g/mol. The molecule has 28 heavy (non-hydrogen) atoms. The van der Waals surface area contributed by atoms with Crippen molar-refractivity contribution in [3.8, 4) is 0 Å². The van der Waals surface area contributed by atoms with E-state index in [1.54, 1.807) is 55.7 Å². The minimum absolute atomic E-state index is 0.227. The van der Waals surface area contributed by atoms with E-state index in [0.717, 1.165) is 0 Å². The highest BCUT2D eigenvalue weighted by Gasteiger charge is 2.27. The van der Waals surface area contributed by atoms with Gasteiger partial charge in [-0.15, -0.1) is 6.58 Å². The quantitative estimate of drug-likeness (QED) is 0.583. The molecule has 1 aromatic heterocycles. The first kappa shape index (κ1) is 21.0. The zero-order valence-electron chi connectivity index (χ0n) is 16.5. The molecule has 1 aromatic carbocycles. The molecule has 2 aromatic rings. The Hall–Kier alpha value is -3.35. The van der Waals surface area contributed by atoms with E-state index >= 15 is 0 Å². The molecule has 0 saturated heterocycles. The van der Waals surface area contributed by atoms with E-state index < -0.39 is 17.8 Å². The van der Waals surface area contributed by atoms with Gasteiger partial charge in [0.2, 0.25) is 0 Å². The van der Waals surface area contributed by atoms with Gasteiger partial charge >= 0.3 is 11.9 Å². The van der Waals surface area contributed by atoms with Gasteiger partial charge in [-0.3, -0.25) is 4.79 Å². The lowest BCUT2D eigenvalue weighted by molar-refractivity contribution is 0.0512. The first-order valence-electron chi connectivity index (χ1n) is 8.83. The Balaban J connectivity index is 2.50. The smallest absolute Gasteiger partial charge is 0.355 e. The Kier molecular flexibility index (Phi) is 6.76. The van der Waals surface area contributed by atoms with Crippen LogP contribution in [0.5, 0.6) is 0 Å². The average Bonchev–Trinajstić information content (AvgIpc) is 2.92. The predicted octanol–water partition coefficient (Wildman–Crippen LogP) is 3.51. The van der Waals surface area contributed by atoms with E-state index in [4.69, 9.17) is 9.47 Å². The molecule has 7 nitrogen and oxygen atoms in total. The van der Waals surface area contributed by atoms with Crippen LogP contribution in [0, 0.1) is 13.8 Å². The number of amides is 1. The molecule has 2 rings (SSSR count). The fourth-order valence-electron chi connectivity index (χ4n) is 3.11. The highest BCUT2D eigenvalue weighted by atomic mass is 16.5. The molecule has 1 heterocycles. The zero-order valence-corrected chi connectivity index (χ0v) is 16.5. The molecule has 0 unspecified atom stereocenters. The van der Waals surface area contributed by atoms with Crippen molar-refractivity contribution in [1.29, 1.82) is 0 Å². The van der Waals surface area contributed by atoms with Gasteiger partial charge in [-0.2, -0.15) is 0 Å². The Bertz CT molecular complexity index is 927. The summed E-state index contributed by atoms with van der Waals surface area (Å²) in [6.45, 7) is 9.46. The first-order chi connectivity index (χ1) is 13.4. The summed E-state index contributed by atoms with van der Waals surface area (Å²) in [5.74, 6) is -1.49. The molecule has 0 saturated carbocycles. The SMILES string of the molecule is C=CCn1c(C)c(C(=O)Nc2ccccc2C(=O)OC)c(C)c1C(=O)OCC. The van der Waals surface area contributed by atoms with E-state index in [0.29, 0.717) is 34.7 Å². The summed E-state index contributed by atoms with van der Waals surface area (Å²) in [6, 6.07) is 6.56. The van der Waals surface area contributed by atoms with Crippen LogP contribution in [-0.2, 0) is 16.0 Å². The van der Waals surface area contributed by atoms with E-state index in [2.05, 4.69) is 11.9 Å². The summed E-state index contributed by atoms with van der Waals surface area (Å²) >= 11 is 0. The number of methoxy groups -OCH3 is 1. The highest BCUT2D eigenvalue weighted by Crippen LogP contribution is 2.25. The molecule has 7 heteroatoms. The molecule has 0 radical (unpaired) electrons. The number of hydrogen-bond acceptors (Lipinski definition) is 5. The third-order valence-corrected chi connectivity index (χ3v) is 4.35. The number of para-hydroxylation sites is 1. The summed E-state index contributed by atoms with van der Waals surface area (Å²) < 4.78 is 11.6. The van der Waals surface area contributed by atoms with Crippen LogP contribution >= 0.6 is 0 Å². The van der Waals surface area contributed by atoms with Crippen LogP contribution in [0.2, 0.25) is 0 Å². The molecule has 148 valence electrons. The van der Waals surface area contributed by atoms with Crippen LogP contribution in [0.3, 0.4) is 0 Å². The van der Waals surface area contributed by atoms with Gasteiger partial charge < -0.3 is 19.4 Å². The van der Waals surface area contributed by atoms with Gasteiger partial charge in [-0.1, -0.05) is 18.2 Å². The maximum absolute atomic E-state index is 13.0. The number of carbonyl (C=O) groups is 3. The summed E-state index contributed by atoms with van der Waals surface area (Å²) in [5.41, 5.74) is 2.34. The van der Waals surface area contributed by atoms with Crippen molar-refractivity contribution in [2.45, 2.75) is 27.3 Å². The molecule has 0 atom stereocenters. The minimum atomic E-state index is -0.555. The summed E-state index contributed by atoms with van der Waals surface area (Å²) in [7, 11) is 1.27. The van der Waals surface area contributed by atoms with Crippen LogP contribution in [0.25, 0.3) is 0 Å². The fraction of sp³-hybridized carbons (Fsp3) is 0.286. The van der Waals surface area contributed by atoms with Crippen LogP contribution in [0.4, 0.5) is 5.69 Å². The summed E-state index contributed by atoms with van der Waals surface area (Å²) in [6.07, 6.45) is 1.64. The molecule has 0 aliphatic rings. The van der Waals surface area contributed by atoms with Crippen molar-refractivity contribution < 1.29 is 23.9 Å². The summed E-state index contributed by atoms with van der Waals surface area (Å²) in [5, 5.41) is 2.75. The van der Waals surface area contributed by atoms with Crippen LogP contribution in [0.1, 0.15) is 49.4 Å². The van der Waals surface area contributed by atoms with Crippen LogP contribution in [0.15, 0.2) is 36.9 Å². The number of hydrogen-bond donors (Lipinski definition) is 1. The van der Waals surface area contributed by atoms with Gasteiger partial charge in [-0.05, 0) is 38.5 Å². The van der Waals surface area contributed by atoms with Crippen LogP contribution < -0.4 is 5.32 Å². The van der Waals surface area contributed by atoms with Crippen molar-refractivity contribution in [1.82, 2.24) is 4.57 Å². The van der Waals surface area contributed by atoms with E-state index in [-0.39, 0.29) is 12.2 Å². The number of aromatic nitrogens is 1. The highest BCUT2D eigenvalue weighted by molar-refractivity contribution is 6.10. The molecule has 0 aliphatic heterocycles. The molecule has 1 N–H and O–H groups in total. The predicted molar refractivity (Wildman–Crippen MR) is 106 cm³/mol. The lowest BCUT2D eigenvalue weighted by atomic mass is 10.1. The second-order valence-corrected chi connectivity index (χ2v) is 6.05. The van der Waals surface area contributed by atoms with Gasteiger partial charge in [0.1, 0.15) is 5.69 Å². The second kappa shape index (κ2) is 9.03. The largest absolute Gasteiger partial charge is 0.465 e. The average molecular weight is 384 g/mol. The monoisotopic (exact) mass is 384 g/mol. The Morgan fingerprint density at radius 3 is 2.46 bits per heavy atom. The van der Waals surface area contributed by atoms with Crippen LogP contribution in [-0.4, -0.2) is 36.1 Å². The number of benzene rings is 1. The second-order valence-electron chi connectivity index (χ2n) is 6.05. The van der Waals surface area contributed by atoms with Crippen molar-refractivity contribution in [2.24, 2.45) is 0 Å². The normalized spacial score (nSPS) is 10.3. The maximum Gasteiger partial charge on any atom is 0.355 e. The van der Waals surface area contributed by atoms with E-state index in [1.165, 1.54) is 7.11 Å². The molecule has 0 aliphatic carbocycles. The summed E-state index contributed by atoms with van der Waals surface area (Å²) in [4.78, 5) is 37.4. The number of anilines is 1. The topological polar surface area (TPSA) is 86.6 Å². The Morgan fingerprint density at radius 2 is 1.86 bits per heavy atom. The van der Waals surface area contributed by atoms with Gasteiger partial charge in [0, 0.05) is 12.2 Å². The standard InChI is InChI=1S/C21H24N2O5/c1-6-12-23-14(4)17(13(3)18(23)21(26)28-7-2)19(24)22-16-11-9-8-10-15(16)20(25)27-5/h6,8-11H,1,7,12H2,2-5H3,(H,22,24). The molecule has 0 spiro atoms. The van der Waals surface area contributed by atoms with Crippen molar-refractivity contribution in [3.63, 3.8) is 0 Å². The Morgan fingerprint density at radius 1 is 1.18 bits per heavy atom. The number of esters is 2.